The van der Waals surface area contributed by atoms with Crippen LogP contribution in [0.3, 0.4) is 0 Å². The summed E-state index contributed by atoms with van der Waals surface area (Å²) >= 11 is 1.51. The molecule has 1 saturated heterocycles. The lowest BCUT2D eigenvalue weighted by Crippen LogP contribution is -2.41. The molecule has 2 aromatic heterocycles. The lowest BCUT2D eigenvalue weighted by molar-refractivity contribution is 0.0628. The molecular formula is C21H21N3O2S. The third kappa shape index (κ3) is 4.34. The van der Waals surface area contributed by atoms with Crippen molar-refractivity contribution in [2.24, 2.45) is 5.92 Å². The number of rotatable bonds is 5. The van der Waals surface area contributed by atoms with Gasteiger partial charge in [-0.3, -0.25) is 9.78 Å². The molecule has 1 atom stereocenters. The van der Waals surface area contributed by atoms with Gasteiger partial charge in [0.1, 0.15) is 16.5 Å². The molecule has 1 aliphatic heterocycles. The Hall–Kier alpha value is -2.73. The van der Waals surface area contributed by atoms with Gasteiger partial charge in [0.05, 0.1) is 6.61 Å². The van der Waals surface area contributed by atoms with E-state index >= 15 is 0 Å². The standard InChI is InChI=1S/C21H21N3O2S/c25-21(19-15-27-20(23-19)17-6-2-1-3-7-17)24-12-4-5-16(13-24)14-26-18-8-10-22-11-9-18/h1-3,6-11,15-16H,4-5,12-14H2. The molecule has 6 heteroatoms. The van der Waals surface area contributed by atoms with Gasteiger partial charge >= 0.3 is 0 Å². The Bertz CT molecular complexity index is 883. The van der Waals surface area contributed by atoms with E-state index in [9.17, 15) is 4.79 Å². The second kappa shape index (κ2) is 8.31. The van der Waals surface area contributed by atoms with Gasteiger partial charge in [-0.2, -0.15) is 0 Å². The first kappa shape index (κ1) is 17.7. The zero-order valence-corrected chi connectivity index (χ0v) is 15.8. The summed E-state index contributed by atoms with van der Waals surface area (Å²) in [6.45, 7) is 2.10. The summed E-state index contributed by atoms with van der Waals surface area (Å²) < 4.78 is 5.85. The first-order valence-electron chi connectivity index (χ1n) is 9.12. The molecule has 3 heterocycles. The van der Waals surface area contributed by atoms with E-state index in [0.717, 1.165) is 35.7 Å². The molecular weight excluding hydrogens is 358 g/mol. The Balaban J connectivity index is 1.38. The lowest BCUT2D eigenvalue weighted by Gasteiger charge is -2.32. The first-order valence-corrected chi connectivity index (χ1v) is 10.0. The minimum atomic E-state index is 0.0158. The van der Waals surface area contributed by atoms with Crippen molar-refractivity contribution in [2.75, 3.05) is 19.7 Å². The maximum absolute atomic E-state index is 12.9. The molecule has 0 saturated carbocycles. The van der Waals surface area contributed by atoms with E-state index in [1.54, 1.807) is 12.4 Å². The van der Waals surface area contributed by atoms with Gasteiger partial charge in [0.15, 0.2) is 0 Å². The molecule has 27 heavy (non-hydrogen) atoms. The van der Waals surface area contributed by atoms with Crippen LogP contribution in [-0.2, 0) is 0 Å². The highest BCUT2D eigenvalue weighted by atomic mass is 32.1. The summed E-state index contributed by atoms with van der Waals surface area (Å²) in [6, 6.07) is 13.7. The number of amides is 1. The summed E-state index contributed by atoms with van der Waals surface area (Å²) in [5.74, 6) is 1.17. The Morgan fingerprint density at radius 3 is 2.81 bits per heavy atom. The lowest BCUT2D eigenvalue weighted by atomic mass is 9.99. The highest BCUT2D eigenvalue weighted by molar-refractivity contribution is 7.13. The normalized spacial score (nSPS) is 16.9. The summed E-state index contributed by atoms with van der Waals surface area (Å²) in [6.07, 6.45) is 5.50. The van der Waals surface area contributed by atoms with Crippen LogP contribution in [-0.4, -0.2) is 40.5 Å². The summed E-state index contributed by atoms with van der Waals surface area (Å²) in [4.78, 5) is 23.4. The third-order valence-electron chi connectivity index (χ3n) is 4.69. The van der Waals surface area contributed by atoms with Gasteiger partial charge in [-0.15, -0.1) is 11.3 Å². The number of piperidine rings is 1. The average molecular weight is 379 g/mol. The smallest absolute Gasteiger partial charge is 0.273 e. The predicted octanol–water partition coefficient (Wildman–Crippen LogP) is 4.14. The largest absolute Gasteiger partial charge is 0.493 e. The zero-order valence-electron chi connectivity index (χ0n) is 15.0. The molecule has 1 amide bonds. The summed E-state index contributed by atoms with van der Waals surface area (Å²) in [5, 5.41) is 2.75. The van der Waals surface area contributed by atoms with Crippen molar-refractivity contribution in [1.82, 2.24) is 14.9 Å². The van der Waals surface area contributed by atoms with Gasteiger partial charge in [0.2, 0.25) is 0 Å². The molecule has 5 nitrogen and oxygen atoms in total. The number of ether oxygens (including phenoxy) is 1. The number of hydrogen-bond donors (Lipinski definition) is 0. The number of aromatic nitrogens is 2. The number of thiazole rings is 1. The molecule has 0 radical (unpaired) electrons. The maximum atomic E-state index is 12.9. The molecule has 1 aromatic carbocycles. The fraction of sp³-hybridized carbons (Fsp3) is 0.286. The van der Waals surface area contributed by atoms with Gasteiger partial charge < -0.3 is 9.64 Å². The number of nitrogens with zero attached hydrogens (tertiary/aromatic N) is 3. The van der Waals surface area contributed by atoms with E-state index in [1.807, 2.05) is 52.7 Å². The quantitative estimate of drug-likeness (QED) is 0.669. The second-order valence-electron chi connectivity index (χ2n) is 6.66. The predicted molar refractivity (Wildman–Crippen MR) is 106 cm³/mol. The van der Waals surface area contributed by atoms with Crippen molar-refractivity contribution in [3.63, 3.8) is 0 Å². The highest BCUT2D eigenvalue weighted by Gasteiger charge is 2.26. The monoisotopic (exact) mass is 379 g/mol. The first-order chi connectivity index (χ1) is 13.3. The number of carbonyl (C=O) groups excluding carboxylic acids is 1. The molecule has 4 rings (SSSR count). The number of pyridine rings is 1. The van der Waals surface area contributed by atoms with Crippen LogP contribution >= 0.6 is 11.3 Å². The van der Waals surface area contributed by atoms with Crippen molar-refractivity contribution in [3.05, 3.63) is 65.9 Å². The van der Waals surface area contributed by atoms with Gasteiger partial charge in [0.25, 0.3) is 5.91 Å². The summed E-state index contributed by atoms with van der Waals surface area (Å²) in [5.41, 5.74) is 1.58. The van der Waals surface area contributed by atoms with E-state index < -0.39 is 0 Å². The number of carbonyl (C=O) groups is 1. The minimum absolute atomic E-state index is 0.0158. The molecule has 1 aliphatic rings. The van der Waals surface area contributed by atoms with Gasteiger partial charge in [-0.1, -0.05) is 30.3 Å². The molecule has 1 fully saturated rings. The van der Waals surface area contributed by atoms with Crippen molar-refractivity contribution >= 4 is 17.2 Å². The Kier molecular flexibility index (Phi) is 5.44. The average Bonchev–Trinajstić information content (AvgIpc) is 3.24. The van der Waals surface area contributed by atoms with Crippen molar-refractivity contribution in [1.29, 1.82) is 0 Å². The van der Waals surface area contributed by atoms with E-state index in [4.69, 9.17) is 4.74 Å². The SMILES string of the molecule is O=C(c1csc(-c2ccccc2)n1)N1CCCC(COc2ccncc2)C1. The van der Waals surface area contributed by atoms with Crippen LogP contribution in [0.5, 0.6) is 5.75 Å². The van der Waals surface area contributed by atoms with Gasteiger partial charge in [-0.25, -0.2) is 4.98 Å². The van der Waals surface area contributed by atoms with Crippen molar-refractivity contribution < 1.29 is 9.53 Å². The van der Waals surface area contributed by atoms with Crippen molar-refractivity contribution in [3.8, 4) is 16.3 Å². The Morgan fingerprint density at radius 1 is 1.19 bits per heavy atom. The van der Waals surface area contributed by atoms with E-state index in [-0.39, 0.29) is 5.91 Å². The topological polar surface area (TPSA) is 55.3 Å². The fourth-order valence-corrected chi connectivity index (χ4v) is 4.08. The van der Waals surface area contributed by atoms with Crippen LogP contribution < -0.4 is 4.74 Å². The maximum Gasteiger partial charge on any atom is 0.273 e. The van der Waals surface area contributed by atoms with Crippen LogP contribution in [0, 0.1) is 5.92 Å². The molecule has 0 N–H and O–H groups in total. The highest BCUT2D eigenvalue weighted by Crippen LogP contribution is 2.25. The molecule has 3 aromatic rings. The van der Waals surface area contributed by atoms with Crippen molar-refractivity contribution in [2.45, 2.75) is 12.8 Å². The van der Waals surface area contributed by atoms with Gasteiger partial charge in [-0.05, 0) is 25.0 Å². The van der Waals surface area contributed by atoms with Crippen LogP contribution in [0.4, 0.5) is 0 Å². The second-order valence-corrected chi connectivity index (χ2v) is 7.52. The molecule has 138 valence electrons. The van der Waals surface area contributed by atoms with Crippen LogP contribution in [0.25, 0.3) is 10.6 Å². The summed E-state index contributed by atoms with van der Waals surface area (Å²) in [7, 11) is 0. The van der Waals surface area contributed by atoms with E-state index in [2.05, 4.69) is 9.97 Å². The molecule has 1 unspecified atom stereocenters. The molecule has 0 aliphatic carbocycles. The number of benzene rings is 1. The van der Waals surface area contributed by atoms with E-state index in [1.165, 1.54) is 11.3 Å². The Labute approximate surface area is 162 Å². The van der Waals surface area contributed by atoms with Crippen LogP contribution in [0.15, 0.2) is 60.2 Å². The molecule has 0 spiro atoms. The zero-order chi connectivity index (χ0) is 18.5. The van der Waals surface area contributed by atoms with Crippen LogP contribution in [0.1, 0.15) is 23.3 Å². The minimum Gasteiger partial charge on any atom is -0.493 e. The number of likely N-dealkylation sites (tertiary alicyclic amines) is 1. The van der Waals surface area contributed by atoms with Crippen LogP contribution in [0.2, 0.25) is 0 Å². The third-order valence-corrected chi connectivity index (χ3v) is 5.58. The molecule has 0 bridgehead atoms. The van der Waals surface area contributed by atoms with E-state index in [0.29, 0.717) is 24.8 Å². The Morgan fingerprint density at radius 2 is 2.00 bits per heavy atom. The number of hydrogen-bond acceptors (Lipinski definition) is 5. The van der Waals surface area contributed by atoms with Gasteiger partial charge in [0, 0.05) is 42.3 Å². The fourth-order valence-electron chi connectivity index (χ4n) is 3.28.